The molecule has 20 heavy (non-hydrogen) atoms. The average molecular weight is 271 g/mol. The molecule has 1 heterocycles. The van der Waals surface area contributed by atoms with Crippen molar-refractivity contribution in [2.45, 2.75) is 25.5 Å². The third-order valence-electron chi connectivity index (χ3n) is 3.86. The number of nitrogens with zero attached hydrogens (tertiary/aromatic N) is 1. The standard InChI is InChI=1S/C17H18FNO/c18-15-8-3-1-6-13(15)12-19-11-5-10-17(20)14-7-2-4-9-16(14)19/h1-4,6-9,17,20H,5,10-12H2. The lowest BCUT2D eigenvalue weighted by Crippen LogP contribution is -2.24. The highest BCUT2D eigenvalue weighted by Gasteiger charge is 2.21. The molecule has 1 aliphatic rings. The number of hydrogen-bond acceptors (Lipinski definition) is 2. The van der Waals surface area contributed by atoms with E-state index in [0.29, 0.717) is 12.1 Å². The van der Waals surface area contributed by atoms with Gasteiger partial charge in [-0.1, -0.05) is 36.4 Å². The molecular weight excluding hydrogens is 253 g/mol. The molecule has 104 valence electrons. The van der Waals surface area contributed by atoms with Gasteiger partial charge in [0.25, 0.3) is 0 Å². The van der Waals surface area contributed by atoms with Crippen molar-refractivity contribution in [3.63, 3.8) is 0 Å². The van der Waals surface area contributed by atoms with Crippen LogP contribution in [0.4, 0.5) is 10.1 Å². The van der Waals surface area contributed by atoms with Gasteiger partial charge in [-0.3, -0.25) is 0 Å². The number of benzene rings is 2. The van der Waals surface area contributed by atoms with Gasteiger partial charge in [0.1, 0.15) is 5.82 Å². The van der Waals surface area contributed by atoms with Crippen LogP contribution in [-0.4, -0.2) is 11.7 Å². The highest BCUT2D eigenvalue weighted by Crippen LogP contribution is 2.33. The van der Waals surface area contributed by atoms with E-state index in [4.69, 9.17) is 0 Å². The first-order valence-electron chi connectivity index (χ1n) is 7.01. The van der Waals surface area contributed by atoms with Gasteiger partial charge in [-0.2, -0.15) is 0 Å². The summed E-state index contributed by atoms with van der Waals surface area (Å²) in [6.45, 7) is 1.37. The van der Waals surface area contributed by atoms with E-state index in [0.717, 1.165) is 30.6 Å². The summed E-state index contributed by atoms with van der Waals surface area (Å²) in [5.41, 5.74) is 2.65. The molecule has 1 unspecified atom stereocenters. The van der Waals surface area contributed by atoms with Gasteiger partial charge < -0.3 is 10.0 Å². The Morgan fingerprint density at radius 1 is 1.10 bits per heavy atom. The Bertz CT molecular complexity index is 599. The predicted molar refractivity (Wildman–Crippen MR) is 78.1 cm³/mol. The Kier molecular flexibility index (Phi) is 3.70. The van der Waals surface area contributed by atoms with E-state index in [-0.39, 0.29) is 5.82 Å². The summed E-state index contributed by atoms with van der Waals surface area (Å²) in [5, 5.41) is 10.2. The Hall–Kier alpha value is -1.87. The van der Waals surface area contributed by atoms with Crippen LogP contribution in [0.1, 0.15) is 30.1 Å². The monoisotopic (exact) mass is 271 g/mol. The van der Waals surface area contributed by atoms with Crippen molar-refractivity contribution in [1.82, 2.24) is 0 Å². The van der Waals surface area contributed by atoms with Crippen LogP contribution in [0.15, 0.2) is 48.5 Å². The van der Waals surface area contributed by atoms with Crippen LogP contribution in [0, 0.1) is 5.82 Å². The molecule has 0 saturated heterocycles. The summed E-state index contributed by atoms with van der Waals surface area (Å²) in [4.78, 5) is 2.16. The van der Waals surface area contributed by atoms with Crippen LogP contribution in [-0.2, 0) is 6.54 Å². The van der Waals surface area contributed by atoms with Gasteiger partial charge in [-0.15, -0.1) is 0 Å². The minimum absolute atomic E-state index is 0.172. The molecule has 0 spiro atoms. The second-order valence-corrected chi connectivity index (χ2v) is 5.23. The van der Waals surface area contributed by atoms with Crippen molar-refractivity contribution in [3.05, 3.63) is 65.5 Å². The average Bonchev–Trinajstić information content (AvgIpc) is 2.62. The zero-order valence-corrected chi connectivity index (χ0v) is 11.3. The lowest BCUT2D eigenvalue weighted by atomic mass is 10.0. The minimum Gasteiger partial charge on any atom is -0.388 e. The van der Waals surface area contributed by atoms with E-state index in [1.807, 2.05) is 36.4 Å². The number of fused-ring (bicyclic) bond motifs is 1. The molecular formula is C17H18FNO. The van der Waals surface area contributed by atoms with E-state index in [9.17, 15) is 9.50 Å². The van der Waals surface area contributed by atoms with Crippen molar-refractivity contribution < 1.29 is 9.50 Å². The minimum atomic E-state index is -0.420. The second-order valence-electron chi connectivity index (χ2n) is 5.23. The first-order chi connectivity index (χ1) is 9.75. The Labute approximate surface area is 118 Å². The Balaban J connectivity index is 1.94. The highest BCUT2D eigenvalue weighted by atomic mass is 19.1. The lowest BCUT2D eigenvalue weighted by Gasteiger charge is -2.25. The molecule has 1 atom stereocenters. The molecule has 0 aliphatic carbocycles. The maximum atomic E-state index is 13.8. The highest BCUT2D eigenvalue weighted by molar-refractivity contribution is 5.55. The zero-order chi connectivity index (χ0) is 13.9. The van der Waals surface area contributed by atoms with Crippen molar-refractivity contribution >= 4 is 5.69 Å². The number of aliphatic hydroxyl groups is 1. The maximum absolute atomic E-state index is 13.8. The molecule has 0 bridgehead atoms. The van der Waals surface area contributed by atoms with E-state index in [1.54, 1.807) is 6.07 Å². The van der Waals surface area contributed by atoms with Crippen LogP contribution in [0.25, 0.3) is 0 Å². The number of para-hydroxylation sites is 1. The fraction of sp³-hybridized carbons (Fsp3) is 0.294. The fourth-order valence-electron chi connectivity index (χ4n) is 2.81. The molecule has 0 radical (unpaired) electrons. The first kappa shape index (κ1) is 13.1. The SMILES string of the molecule is OC1CCCN(Cc2ccccc2F)c2ccccc21. The fourth-order valence-corrected chi connectivity index (χ4v) is 2.81. The zero-order valence-electron chi connectivity index (χ0n) is 11.3. The van der Waals surface area contributed by atoms with Crippen molar-refractivity contribution in [2.75, 3.05) is 11.4 Å². The second kappa shape index (κ2) is 5.63. The summed E-state index contributed by atoms with van der Waals surface area (Å²) in [7, 11) is 0. The van der Waals surface area contributed by atoms with Gasteiger partial charge in [0, 0.05) is 29.9 Å². The third kappa shape index (κ3) is 2.54. The smallest absolute Gasteiger partial charge is 0.128 e. The molecule has 1 N–H and O–H groups in total. The molecule has 0 saturated carbocycles. The lowest BCUT2D eigenvalue weighted by molar-refractivity contribution is 0.168. The number of halogens is 1. The molecule has 2 aromatic rings. The topological polar surface area (TPSA) is 23.5 Å². The number of rotatable bonds is 2. The predicted octanol–water partition coefficient (Wildman–Crippen LogP) is 3.66. The van der Waals surface area contributed by atoms with Gasteiger partial charge >= 0.3 is 0 Å². The van der Waals surface area contributed by atoms with Gasteiger partial charge in [-0.05, 0) is 25.0 Å². The number of hydrogen-bond donors (Lipinski definition) is 1. The van der Waals surface area contributed by atoms with Crippen LogP contribution in [0.2, 0.25) is 0 Å². The Morgan fingerprint density at radius 2 is 1.85 bits per heavy atom. The summed E-state index contributed by atoms with van der Waals surface area (Å²) >= 11 is 0. The van der Waals surface area contributed by atoms with E-state index < -0.39 is 6.10 Å². The van der Waals surface area contributed by atoms with Crippen LogP contribution >= 0.6 is 0 Å². The molecule has 3 heteroatoms. The normalized spacial score (nSPS) is 18.5. The molecule has 0 amide bonds. The summed E-state index contributed by atoms with van der Waals surface area (Å²) in [6, 6.07) is 14.7. The molecule has 0 aromatic heterocycles. The summed E-state index contributed by atoms with van der Waals surface area (Å²) < 4.78 is 13.8. The van der Waals surface area contributed by atoms with Crippen LogP contribution in [0.3, 0.4) is 0 Å². The third-order valence-corrected chi connectivity index (χ3v) is 3.86. The van der Waals surface area contributed by atoms with Gasteiger partial charge in [0.15, 0.2) is 0 Å². The van der Waals surface area contributed by atoms with Crippen molar-refractivity contribution in [1.29, 1.82) is 0 Å². The maximum Gasteiger partial charge on any atom is 0.128 e. The largest absolute Gasteiger partial charge is 0.388 e. The molecule has 3 rings (SSSR count). The van der Waals surface area contributed by atoms with E-state index in [1.165, 1.54) is 6.07 Å². The van der Waals surface area contributed by atoms with Crippen molar-refractivity contribution in [3.8, 4) is 0 Å². The number of aliphatic hydroxyl groups excluding tert-OH is 1. The van der Waals surface area contributed by atoms with E-state index >= 15 is 0 Å². The van der Waals surface area contributed by atoms with E-state index in [2.05, 4.69) is 4.90 Å². The molecule has 2 nitrogen and oxygen atoms in total. The van der Waals surface area contributed by atoms with Crippen LogP contribution < -0.4 is 4.90 Å². The van der Waals surface area contributed by atoms with Crippen LogP contribution in [0.5, 0.6) is 0 Å². The summed E-state index contributed by atoms with van der Waals surface area (Å²) in [5.74, 6) is -0.172. The Morgan fingerprint density at radius 3 is 2.70 bits per heavy atom. The quantitative estimate of drug-likeness (QED) is 0.901. The van der Waals surface area contributed by atoms with Crippen molar-refractivity contribution in [2.24, 2.45) is 0 Å². The molecule has 0 fully saturated rings. The molecule has 1 aliphatic heterocycles. The van der Waals surface area contributed by atoms with Gasteiger partial charge in [-0.25, -0.2) is 4.39 Å². The molecule has 2 aromatic carbocycles. The van der Waals surface area contributed by atoms with Gasteiger partial charge in [0.2, 0.25) is 0 Å². The van der Waals surface area contributed by atoms with Gasteiger partial charge in [0.05, 0.1) is 6.10 Å². The summed E-state index contributed by atoms with van der Waals surface area (Å²) in [6.07, 6.45) is 1.24. The first-order valence-corrected chi connectivity index (χ1v) is 7.01. The number of anilines is 1.